The Bertz CT molecular complexity index is 1680. The molecule has 1 unspecified atom stereocenters. The molecule has 2 fully saturated rings. The number of anilines is 3. The van der Waals surface area contributed by atoms with E-state index in [1.165, 1.54) is 17.1 Å². The summed E-state index contributed by atoms with van der Waals surface area (Å²) in [6.07, 6.45) is 6.31. The van der Waals surface area contributed by atoms with Crippen molar-refractivity contribution in [3.8, 4) is 5.75 Å². The van der Waals surface area contributed by atoms with Gasteiger partial charge in [0, 0.05) is 72.3 Å². The fourth-order valence-electron chi connectivity index (χ4n) is 6.35. The maximum Gasteiger partial charge on any atom is 0.217 e. The zero-order chi connectivity index (χ0) is 33.1. The molecule has 0 spiro atoms. The Morgan fingerprint density at radius 2 is 1.62 bits per heavy atom. The van der Waals surface area contributed by atoms with Gasteiger partial charge >= 0.3 is 0 Å². The second-order valence-electron chi connectivity index (χ2n) is 12.5. The molecular formula is C36H41Cl2N7O3. The highest BCUT2D eigenvalue weighted by molar-refractivity contribution is 6.35. The summed E-state index contributed by atoms with van der Waals surface area (Å²) in [4.78, 5) is 7.07. The number of nitrogens with zero attached hydrogens (tertiary/aromatic N) is 7. The van der Waals surface area contributed by atoms with Crippen LogP contribution in [0.4, 0.5) is 17.1 Å². The van der Waals surface area contributed by atoms with Crippen LogP contribution in [-0.4, -0.2) is 79.3 Å². The minimum Gasteiger partial charge on any atom is -0.491 e. The fraction of sp³-hybridized carbons (Fsp3) is 0.389. The molecule has 12 heteroatoms. The summed E-state index contributed by atoms with van der Waals surface area (Å²) in [6, 6.07) is 24.8. The van der Waals surface area contributed by atoms with Crippen molar-refractivity contribution in [3.05, 3.63) is 101 Å². The van der Waals surface area contributed by atoms with Gasteiger partial charge in [-0.1, -0.05) is 36.2 Å². The molecule has 2 saturated heterocycles. The highest BCUT2D eigenvalue weighted by Gasteiger charge is 2.45. The van der Waals surface area contributed by atoms with Gasteiger partial charge in [0.05, 0.1) is 18.2 Å². The van der Waals surface area contributed by atoms with Crippen LogP contribution in [0.15, 0.2) is 90.3 Å². The SMILES string of the molecule is CCC(C)N1CN(c2ccc(N3CCN(c4ccc(OC[C@@H]5CO[C@@](Cn6cccn6)(c6ccc(Cl)cc6Cl)O5)cc4)CC3)cc2)C=N1. The van der Waals surface area contributed by atoms with Gasteiger partial charge in [0.25, 0.3) is 0 Å². The highest BCUT2D eigenvalue weighted by atomic mass is 35.5. The standard InChI is InChI=1S/C36H41Cl2N7O3/c1-3-27(2)45-26-43(25-40-45)31-8-6-29(7-9-31)41-17-19-42(20-18-41)30-10-12-32(13-11-30)46-22-33-23-47-36(48-33,24-44-16-4-15-39-44)34-14-5-28(37)21-35(34)38/h4-16,21,25,27,33H,3,17-20,22-24,26H2,1-2H3/t27?,33-,36-/m1/s1. The summed E-state index contributed by atoms with van der Waals surface area (Å²) < 4.78 is 20.7. The minimum absolute atomic E-state index is 0.294. The van der Waals surface area contributed by atoms with Crippen LogP contribution in [0.25, 0.3) is 0 Å². The third-order valence-corrected chi connectivity index (χ3v) is 9.88. The number of halogens is 2. The Labute approximate surface area is 292 Å². The number of rotatable bonds is 11. The molecule has 0 radical (unpaired) electrons. The molecule has 3 aliphatic heterocycles. The average Bonchev–Trinajstić information content (AvgIpc) is 3.90. The molecule has 7 rings (SSSR count). The number of hydrogen-bond donors (Lipinski definition) is 0. The van der Waals surface area contributed by atoms with Crippen LogP contribution in [0.3, 0.4) is 0 Å². The maximum absolute atomic E-state index is 6.60. The van der Waals surface area contributed by atoms with Gasteiger partial charge in [-0.2, -0.15) is 10.2 Å². The first kappa shape index (κ1) is 32.6. The van der Waals surface area contributed by atoms with Crippen molar-refractivity contribution in [1.82, 2.24) is 14.8 Å². The molecule has 0 saturated carbocycles. The van der Waals surface area contributed by atoms with Gasteiger partial charge in [0.15, 0.2) is 0 Å². The Morgan fingerprint density at radius 3 is 2.27 bits per heavy atom. The van der Waals surface area contributed by atoms with E-state index in [4.69, 9.17) is 37.4 Å². The molecular weight excluding hydrogens is 649 g/mol. The molecule has 0 aliphatic carbocycles. The lowest BCUT2D eigenvalue weighted by atomic mass is 10.1. The summed E-state index contributed by atoms with van der Waals surface area (Å²) in [5.41, 5.74) is 4.31. The second kappa shape index (κ2) is 14.3. The predicted molar refractivity (Wildman–Crippen MR) is 191 cm³/mol. The molecule has 4 heterocycles. The number of hydrogen-bond acceptors (Lipinski definition) is 9. The molecule has 3 atom stereocenters. The lowest BCUT2D eigenvalue weighted by molar-refractivity contribution is -0.190. The normalized spacial score (nSPS) is 21.7. The third-order valence-electron chi connectivity index (χ3n) is 9.33. The summed E-state index contributed by atoms with van der Waals surface area (Å²) >= 11 is 12.8. The smallest absolute Gasteiger partial charge is 0.217 e. The molecule has 3 aromatic carbocycles. The summed E-state index contributed by atoms with van der Waals surface area (Å²) in [5, 5.41) is 12.1. The van der Waals surface area contributed by atoms with Crippen LogP contribution < -0.4 is 19.4 Å². The monoisotopic (exact) mass is 689 g/mol. The van der Waals surface area contributed by atoms with Gasteiger partial charge in [-0.3, -0.25) is 9.69 Å². The van der Waals surface area contributed by atoms with E-state index in [0.29, 0.717) is 41.4 Å². The van der Waals surface area contributed by atoms with E-state index in [1.807, 2.05) is 36.8 Å². The number of hydrazone groups is 1. The Morgan fingerprint density at radius 1 is 0.938 bits per heavy atom. The lowest BCUT2D eigenvalue weighted by Crippen LogP contribution is -2.46. The topological polar surface area (TPSA) is 70.8 Å². The van der Waals surface area contributed by atoms with Crippen molar-refractivity contribution in [2.75, 3.05) is 60.8 Å². The lowest BCUT2D eigenvalue weighted by Gasteiger charge is -2.37. The van der Waals surface area contributed by atoms with Crippen LogP contribution in [0.5, 0.6) is 5.75 Å². The molecule has 0 N–H and O–H groups in total. The van der Waals surface area contributed by atoms with Crippen molar-refractivity contribution < 1.29 is 14.2 Å². The van der Waals surface area contributed by atoms with Gasteiger partial charge in [-0.25, -0.2) is 0 Å². The molecule has 0 bridgehead atoms. The van der Waals surface area contributed by atoms with Crippen molar-refractivity contribution in [2.45, 2.75) is 44.7 Å². The summed E-state index contributed by atoms with van der Waals surface area (Å²) in [5.74, 6) is -0.321. The summed E-state index contributed by atoms with van der Waals surface area (Å²) in [7, 11) is 0. The molecule has 10 nitrogen and oxygen atoms in total. The van der Waals surface area contributed by atoms with Crippen LogP contribution >= 0.6 is 23.2 Å². The molecule has 1 aromatic heterocycles. The molecule has 252 valence electrons. The predicted octanol–water partition coefficient (Wildman–Crippen LogP) is 6.69. The number of piperazine rings is 1. The van der Waals surface area contributed by atoms with Gasteiger partial charge in [0.2, 0.25) is 5.79 Å². The van der Waals surface area contributed by atoms with E-state index >= 15 is 0 Å². The van der Waals surface area contributed by atoms with E-state index in [9.17, 15) is 0 Å². The van der Waals surface area contributed by atoms with Gasteiger partial charge in [-0.15, -0.1) is 0 Å². The second-order valence-corrected chi connectivity index (χ2v) is 13.3. The Balaban J connectivity index is 0.906. The van der Waals surface area contributed by atoms with E-state index in [-0.39, 0.29) is 6.10 Å². The number of aromatic nitrogens is 2. The van der Waals surface area contributed by atoms with E-state index in [1.54, 1.807) is 23.0 Å². The van der Waals surface area contributed by atoms with Crippen LogP contribution in [0, 0.1) is 0 Å². The zero-order valence-corrected chi connectivity index (χ0v) is 28.8. The van der Waals surface area contributed by atoms with Crippen molar-refractivity contribution in [3.63, 3.8) is 0 Å². The van der Waals surface area contributed by atoms with Crippen molar-refractivity contribution in [2.24, 2.45) is 5.10 Å². The first-order chi connectivity index (χ1) is 23.4. The zero-order valence-electron chi connectivity index (χ0n) is 27.3. The summed E-state index contributed by atoms with van der Waals surface area (Å²) in [6.45, 7) is 10.1. The molecule has 0 amide bonds. The largest absolute Gasteiger partial charge is 0.491 e. The van der Waals surface area contributed by atoms with E-state index in [2.05, 4.69) is 80.2 Å². The first-order valence-electron chi connectivity index (χ1n) is 16.5. The fourth-order valence-corrected chi connectivity index (χ4v) is 6.90. The highest BCUT2D eigenvalue weighted by Crippen LogP contribution is 2.40. The average molecular weight is 691 g/mol. The first-order valence-corrected chi connectivity index (χ1v) is 17.3. The van der Waals surface area contributed by atoms with Gasteiger partial charge < -0.3 is 28.9 Å². The molecule has 4 aromatic rings. The number of ether oxygens (including phenoxy) is 3. The Hall–Kier alpha value is -3.96. The van der Waals surface area contributed by atoms with Crippen LogP contribution in [-0.2, 0) is 21.8 Å². The van der Waals surface area contributed by atoms with Gasteiger partial charge in [0.1, 0.15) is 31.5 Å². The number of benzene rings is 3. The Kier molecular flexibility index (Phi) is 9.68. The van der Waals surface area contributed by atoms with Gasteiger partial charge in [-0.05, 0) is 80.1 Å². The third kappa shape index (κ3) is 7.08. The maximum atomic E-state index is 6.60. The quantitative estimate of drug-likeness (QED) is 0.173. The van der Waals surface area contributed by atoms with E-state index in [0.717, 1.165) is 45.0 Å². The molecule has 3 aliphatic rings. The molecule has 48 heavy (non-hydrogen) atoms. The minimum atomic E-state index is -1.10. The van der Waals surface area contributed by atoms with Crippen LogP contribution in [0.2, 0.25) is 10.0 Å². The van der Waals surface area contributed by atoms with Crippen molar-refractivity contribution >= 4 is 46.6 Å². The van der Waals surface area contributed by atoms with E-state index < -0.39 is 5.79 Å². The van der Waals surface area contributed by atoms with Crippen molar-refractivity contribution in [1.29, 1.82) is 0 Å². The van der Waals surface area contributed by atoms with Crippen LogP contribution in [0.1, 0.15) is 25.8 Å².